The fourth-order valence-corrected chi connectivity index (χ4v) is 6.95. The molecule has 1 aromatic carbocycles. The first-order valence-corrected chi connectivity index (χ1v) is 16.0. The Labute approximate surface area is 247 Å². The van der Waals surface area contributed by atoms with Crippen molar-refractivity contribution in [1.82, 2.24) is 24.6 Å². The zero-order valence-corrected chi connectivity index (χ0v) is 25.6. The van der Waals surface area contributed by atoms with E-state index in [9.17, 15) is 9.90 Å². The Kier molecular flexibility index (Phi) is 9.85. The average molecular weight is 631 g/mol. The van der Waals surface area contributed by atoms with Crippen molar-refractivity contribution in [2.45, 2.75) is 63.9 Å². The summed E-state index contributed by atoms with van der Waals surface area (Å²) < 4.78 is 40.5. The Balaban J connectivity index is 1.61. The fourth-order valence-electron chi connectivity index (χ4n) is 4.21. The molecule has 6 atom stereocenters. The van der Waals surface area contributed by atoms with Crippen LogP contribution in [-0.2, 0) is 30.6 Å². The largest absolute Gasteiger partial charge is 0.462 e. The van der Waals surface area contributed by atoms with E-state index in [1.54, 1.807) is 65.1 Å². The van der Waals surface area contributed by atoms with Crippen LogP contribution in [0.25, 0.3) is 11.2 Å². The molecule has 1 saturated heterocycles. The first-order valence-electron chi connectivity index (χ1n) is 12.8. The molecule has 4 rings (SSSR count). The number of ether oxygens (including phenoxy) is 2. The lowest BCUT2D eigenvalue weighted by molar-refractivity contribution is -0.149. The van der Waals surface area contributed by atoms with Crippen LogP contribution in [0.3, 0.4) is 0 Å². The minimum Gasteiger partial charge on any atom is -0.462 e. The standard InChI is InChI=1S/C25H33ClFN6O6PS/c1-14(2)37-24(35)15(3)32-40(41,39-17-9-7-6-8-10-17)36-12-25(11-26)20(34)18(27)23(38-25)33-13-29-19-21(28-5)30-16(4)31-22(19)33/h6-10,13-15,18,20,23,34H,11-12H2,1-5H3,(H,32,41)(H,28,30,31)/t15-,18+,20-,23+,25+,40+/m0/s1. The molecular weight excluding hydrogens is 598 g/mol. The summed E-state index contributed by atoms with van der Waals surface area (Å²) in [6.07, 6.45) is -3.96. The van der Waals surface area contributed by atoms with Gasteiger partial charge in [-0.25, -0.2) is 24.4 Å². The summed E-state index contributed by atoms with van der Waals surface area (Å²) >= 11 is 12.0. The van der Waals surface area contributed by atoms with Crippen LogP contribution in [0.2, 0.25) is 0 Å². The van der Waals surface area contributed by atoms with Crippen molar-refractivity contribution >= 4 is 53.0 Å². The lowest BCUT2D eigenvalue weighted by Gasteiger charge is -2.33. The first-order chi connectivity index (χ1) is 19.4. The number of aromatic nitrogens is 4. The number of carbonyl (C=O) groups is 1. The number of nitrogens with zero attached hydrogens (tertiary/aromatic N) is 4. The van der Waals surface area contributed by atoms with Gasteiger partial charge in [0.2, 0.25) is 0 Å². The highest BCUT2D eigenvalue weighted by Gasteiger charge is 2.57. The molecule has 0 unspecified atom stereocenters. The minimum absolute atomic E-state index is 0.310. The van der Waals surface area contributed by atoms with Crippen LogP contribution in [0.1, 0.15) is 32.8 Å². The summed E-state index contributed by atoms with van der Waals surface area (Å²) in [5.41, 5.74) is -1.02. The van der Waals surface area contributed by atoms with Gasteiger partial charge in [-0.3, -0.25) is 9.36 Å². The summed E-state index contributed by atoms with van der Waals surface area (Å²) in [5, 5.41) is 16.9. The van der Waals surface area contributed by atoms with Crippen LogP contribution in [-0.4, -0.2) is 80.2 Å². The molecule has 1 aliphatic rings. The van der Waals surface area contributed by atoms with Gasteiger partial charge in [0.05, 0.1) is 24.9 Å². The molecule has 3 heterocycles. The van der Waals surface area contributed by atoms with Crippen molar-refractivity contribution in [2.24, 2.45) is 0 Å². The maximum absolute atomic E-state index is 15.7. The third-order valence-electron chi connectivity index (χ3n) is 6.24. The highest BCUT2D eigenvalue weighted by atomic mass is 35.5. The number of carbonyl (C=O) groups excluding carboxylic acids is 1. The number of para-hydroxylation sites is 1. The van der Waals surface area contributed by atoms with Gasteiger partial charge in [0.25, 0.3) is 0 Å². The number of benzene rings is 1. The molecule has 0 radical (unpaired) electrons. The quantitative estimate of drug-likeness (QED) is 0.153. The van der Waals surface area contributed by atoms with Crippen molar-refractivity contribution in [2.75, 3.05) is 24.9 Å². The zero-order valence-electron chi connectivity index (χ0n) is 23.2. The first kappa shape index (κ1) is 31.5. The molecule has 2 aromatic heterocycles. The number of hydrogen-bond acceptors (Lipinski definition) is 11. The average Bonchev–Trinajstić information content (AvgIpc) is 3.46. The lowest BCUT2D eigenvalue weighted by atomic mass is 9.99. The molecule has 0 aliphatic carbocycles. The minimum atomic E-state index is -3.52. The third-order valence-corrected chi connectivity index (χ3v) is 9.18. The molecule has 224 valence electrons. The Hall–Kier alpha value is -2.45. The molecular formula is C25H33ClFN6O6PS. The van der Waals surface area contributed by atoms with Crippen molar-refractivity contribution < 1.29 is 32.8 Å². The number of alkyl halides is 2. The monoisotopic (exact) mass is 630 g/mol. The third kappa shape index (κ3) is 6.80. The predicted octanol–water partition coefficient (Wildman–Crippen LogP) is 3.63. The number of aliphatic hydroxyl groups is 1. The van der Waals surface area contributed by atoms with E-state index < -0.39 is 49.4 Å². The van der Waals surface area contributed by atoms with Crippen molar-refractivity contribution in [3.05, 3.63) is 42.5 Å². The van der Waals surface area contributed by atoms with Crippen molar-refractivity contribution in [3.8, 4) is 5.75 Å². The smallest absolute Gasteiger partial charge is 0.323 e. The topological polar surface area (TPSA) is 142 Å². The van der Waals surface area contributed by atoms with Crippen LogP contribution in [0.5, 0.6) is 5.75 Å². The zero-order chi connectivity index (χ0) is 29.9. The molecule has 3 N–H and O–H groups in total. The van der Waals surface area contributed by atoms with E-state index in [2.05, 4.69) is 25.4 Å². The van der Waals surface area contributed by atoms with E-state index in [1.165, 1.54) is 10.9 Å². The van der Waals surface area contributed by atoms with Crippen LogP contribution < -0.4 is 14.9 Å². The number of nitrogens with one attached hydrogen (secondary N) is 2. The maximum atomic E-state index is 15.7. The second-order valence-corrected chi connectivity index (χ2v) is 13.2. The number of hydrogen-bond donors (Lipinski definition) is 3. The van der Waals surface area contributed by atoms with Gasteiger partial charge in [-0.1, -0.05) is 18.2 Å². The van der Waals surface area contributed by atoms with Gasteiger partial charge >= 0.3 is 12.6 Å². The fraction of sp³-hybridized carbons (Fsp3) is 0.520. The lowest BCUT2D eigenvalue weighted by Crippen LogP contribution is -2.48. The van der Waals surface area contributed by atoms with Gasteiger partial charge < -0.3 is 28.9 Å². The SMILES string of the molecule is CNc1nc(C)nc2c1ncn2[C@@H]1O[C@](CCl)(CO[P@](=S)(N[C@@H](C)C(=O)OC(C)C)Oc2ccccc2)[C@@H](O)[C@H]1F. The van der Waals surface area contributed by atoms with E-state index in [4.69, 9.17) is 41.9 Å². The predicted molar refractivity (Wildman–Crippen MR) is 155 cm³/mol. The van der Waals surface area contributed by atoms with E-state index in [-0.39, 0.29) is 12.0 Å². The normalized spacial score (nSPS) is 24.8. The number of anilines is 1. The Morgan fingerprint density at radius 3 is 2.66 bits per heavy atom. The molecule has 16 heteroatoms. The Bertz CT molecular complexity index is 1420. The summed E-state index contributed by atoms with van der Waals surface area (Å²) in [4.78, 5) is 25.5. The number of imidazole rings is 1. The second kappa shape index (κ2) is 12.8. The van der Waals surface area contributed by atoms with Crippen LogP contribution in [0, 0.1) is 6.92 Å². The molecule has 0 spiro atoms. The van der Waals surface area contributed by atoms with Crippen LogP contribution >= 0.6 is 18.2 Å². The van der Waals surface area contributed by atoms with Crippen molar-refractivity contribution in [1.29, 1.82) is 0 Å². The molecule has 0 saturated carbocycles. The molecule has 41 heavy (non-hydrogen) atoms. The van der Waals surface area contributed by atoms with Gasteiger partial charge in [-0.2, -0.15) is 0 Å². The molecule has 0 bridgehead atoms. The van der Waals surface area contributed by atoms with Gasteiger partial charge in [-0.15, -0.1) is 11.6 Å². The number of aryl methyl sites for hydroxylation is 1. The number of rotatable bonds is 12. The second-order valence-electron chi connectivity index (χ2n) is 9.80. The summed E-state index contributed by atoms with van der Waals surface area (Å²) in [7, 11) is 1.68. The number of fused-ring (bicyclic) bond motifs is 1. The van der Waals surface area contributed by atoms with Gasteiger partial charge in [0.1, 0.15) is 29.3 Å². The van der Waals surface area contributed by atoms with E-state index in [0.29, 0.717) is 28.6 Å². The van der Waals surface area contributed by atoms with Crippen LogP contribution in [0.15, 0.2) is 36.7 Å². The molecule has 1 fully saturated rings. The highest BCUT2D eigenvalue weighted by molar-refractivity contribution is 8.09. The summed E-state index contributed by atoms with van der Waals surface area (Å²) in [6, 6.07) is 7.72. The number of halogens is 2. The van der Waals surface area contributed by atoms with Crippen LogP contribution in [0.4, 0.5) is 10.2 Å². The molecule has 1 aliphatic heterocycles. The van der Waals surface area contributed by atoms with Gasteiger partial charge in [-0.05, 0) is 51.6 Å². The van der Waals surface area contributed by atoms with E-state index in [0.717, 1.165) is 0 Å². The Morgan fingerprint density at radius 2 is 2.02 bits per heavy atom. The van der Waals surface area contributed by atoms with Crippen molar-refractivity contribution in [3.63, 3.8) is 0 Å². The number of esters is 1. The van der Waals surface area contributed by atoms with Gasteiger partial charge in [0.15, 0.2) is 29.4 Å². The summed E-state index contributed by atoms with van der Waals surface area (Å²) in [6.45, 7) is 2.71. The van der Waals surface area contributed by atoms with Gasteiger partial charge in [0, 0.05) is 7.05 Å². The summed E-state index contributed by atoms with van der Waals surface area (Å²) in [5.74, 6) is 0.357. The Morgan fingerprint density at radius 1 is 1.32 bits per heavy atom. The van der Waals surface area contributed by atoms with E-state index >= 15 is 4.39 Å². The maximum Gasteiger partial charge on any atom is 0.323 e. The number of aliphatic hydroxyl groups excluding tert-OH is 1. The highest BCUT2D eigenvalue weighted by Crippen LogP contribution is 2.49. The molecule has 3 aromatic rings. The molecule has 12 nitrogen and oxygen atoms in total. The molecule has 0 amide bonds. The van der Waals surface area contributed by atoms with E-state index in [1.807, 2.05) is 0 Å².